The van der Waals surface area contributed by atoms with E-state index in [1.165, 1.54) is 19.3 Å². The first kappa shape index (κ1) is 8.41. The Labute approximate surface area is 76.5 Å². The zero-order valence-corrected chi connectivity index (χ0v) is 7.60. The van der Waals surface area contributed by atoms with Gasteiger partial charge in [0.1, 0.15) is 5.82 Å². The second-order valence-electron chi connectivity index (χ2n) is 3.74. The number of anilines is 1. The lowest BCUT2D eigenvalue weighted by Crippen LogP contribution is -2.14. The average molecular weight is 181 g/mol. The van der Waals surface area contributed by atoms with Crippen LogP contribution in [0, 0.1) is 0 Å². The summed E-state index contributed by atoms with van der Waals surface area (Å²) in [5, 5.41) is 5.20. The SMILES string of the molecule is Nc1[nH][nH]c(=O)c1C1CCCCC1. The van der Waals surface area contributed by atoms with Crippen LogP contribution in [-0.4, -0.2) is 10.2 Å². The third kappa shape index (κ3) is 1.48. The number of hydrogen-bond acceptors (Lipinski definition) is 2. The molecule has 0 amide bonds. The fourth-order valence-electron chi connectivity index (χ4n) is 2.18. The monoisotopic (exact) mass is 181 g/mol. The summed E-state index contributed by atoms with van der Waals surface area (Å²) < 4.78 is 0. The molecule has 13 heavy (non-hydrogen) atoms. The molecule has 1 saturated carbocycles. The van der Waals surface area contributed by atoms with E-state index in [0.717, 1.165) is 18.4 Å². The molecule has 0 saturated heterocycles. The fraction of sp³-hybridized carbons (Fsp3) is 0.667. The molecule has 0 bridgehead atoms. The lowest BCUT2D eigenvalue weighted by atomic mass is 9.85. The molecule has 0 unspecified atom stereocenters. The molecule has 0 radical (unpaired) electrons. The van der Waals surface area contributed by atoms with Gasteiger partial charge in [-0.15, -0.1) is 0 Å². The molecule has 1 aliphatic carbocycles. The van der Waals surface area contributed by atoms with Crippen molar-refractivity contribution in [2.24, 2.45) is 0 Å². The van der Waals surface area contributed by atoms with E-state index in [1.807, 2.05) is 0 Å². The predicted molar refractivity (Wildman–Crippen MR) is 51.7 cm³/mol. The van der Waals surface area contributed by atoms with Crippen LogP contribution < -0.4 is 11.3 Å². The Kier molecular flexibility index (Phi) is 2.12. The summed E-state index contributed by atoms with van der Waals surface area (Å²) in [5.74, 6) is 0.903. The van der Waals surface area contributed by atoms with E-state index in [4.69, 9.17) is 5.73 Å². The van der Waals surface area contributed by atoms with E-state index < -0.39 is 0 Å². The van der Waals surface area contributed by atoms with E-state index in [-0.39, 0.29) is 5.56 Å². The van der Waals surface area contributed by atoms with Crippen LogP contribution in [-0.2, 0) is 0 Å². The van der Waals surface area contributed by atoms with Crippen LogP contribution in [0.2, 0.25) is 0 Å². The molecule has 1 heterocycles. The highest BCUT2D eigenvalue weighted by Gasteiger charge is 2.21. The van der Waals surface area contributed by atoms with Gasteiger partial charge in [-0.3, -0.25) is 15.0 Å². The zero-order chi connectivity index (χ0) is 9.26. The zero-order valence-electron chi connectivity index (χ0n) is 7.60. The lowest BCUT2D eigenvalue weighted by Gasteiger charge is -2.19. The van der Waals surface area contributed by atoms with Gasteiger partial charge in [0, 0.05) is 0 Å². The van der Waals surface area contributed by atoms with Crippen molar-refractivity contribution in [1.82, 2.24) is 10.2 Å². The van der Waals surface area contributed by atoms with Crippen molar-refractivity contribution in [2.75, 3.05) is 5.73 Å². The summed E-state index contributed by atoms with van der Waals surface area (Å²) in [5.41, 5.74) is 6.43. The average Bonchev–Trinajstić information content (AvgIpc) is 2.48. The molecule has 4 N–H and O–H groups in total. The molecule has 0 spiro atoms. The highest BCUT2D eigenvalue weighted by Crippen LogP contribution is 2.32. The number of aromatic nitrogens is 2. The van der Waals surface area contributed by atoms with E-state index in [2.05, 4.69) is 10.2 Å². The molecule has 1 aliphatic rings. The Morgan fingerprint density at radius 2 is 1.85 bits per heavy atom. The van der Waals surface area contributed by atoms with Gasteiger partial charge in [-0.1, -0.05) is 19.3 Å². The van der Waals surface area contributed by atoms with Crippen molar-refractivity contribution in [1.29, 1.82) is 0 Å². The molecule has 0 atom stereocenters. The van der Waals surface area contributed by atoms with Crippen molar-refractivity contribution in [2.45, 2.75) is 38.0 Å². The number of nitrogens with one attached hydrogen (secondary N) is 2. The molecule has 0 aliphatic heterocycles. The molecule has 4 heteroatoms. The molecule has 0 aromatic carbocycles. The van der Waals surface area contributed by atoms with Crippen LogP contribution in [0.5, 0.6) is 0 Å². The molecule has 1 aromatic rings. The summed E-state index contributed by atoms with van der Waals surface area (Å²) in [6.07, 6.45) is 5.93. The Hall–Kier alpha value is -1.19. The van der Waals surface area contributed by atoms with Gasteiger partial charge in [0.05, 0.1) is 5.56 Å². The second-order valence-corrected chi connectivity index (χ2v) is 3.74. The molecule has 72 valence electrons. The highest BCUT2D eigenvalue weighted by atomic mass is 16.1. The van der Waals surface area contributed by atoms with Crippen LogP contribution in [0.3, 0.4) is 0 Å². The van der Waals surface area contributed by atoms with Gasteiger partial charge >= 0.3 is 0 Å². The van der Waals surface area contributed by atoms with E-state index in [9.17, 15) is 4.79 Å². The maximum absolute atomic E-state index is 11.4. The Morgan fingerprint density at radius 3 is 2.38 bits per heavy atom. The van der Waals surface area contributed by atoms with Crippen molar-refractivity contribution in [3.05, 3.63) is 15.9 Å². The van der Waals surface area contributed by atoms with Gasteiger partial charge in [-0.2, -0.15) is 0 Å². The maximum Gasteiger partial charge on any atom is 0.269 e. The summed E-state index contributed by atoms with van der Waals surface area (Å²) in [4.78, 5) is 11.4. The van der Waals surface area contributed by atoms with Gasteiger partial charge in [-0.25, -0.2) is 0 Å². The van der Waals surface area contributed by atoms with Crippen LogP contribution >= 0.6 is 0 Å². The van der Waals surface area contributed by atoms with Crippen LogP contribution in [0.4, 0.5) is 5.82 Å². The standard InChI is InChI=1S/C9H15N3O/c10-8-7(9(13)12-11-8)6-4-2-1-3-5-6/h6H,1-5H2,(H4,10,11,12,13). The van der Waals surface area contributed by atoms with Gasteiger partial charge in [0.2, 0.25) is 0 Å². The summed E-state index contributed by atoms with van der Waals surface area (Å²) in [6, 6.07) is 0. The Balaban J connectivity index is 2.27. The number of H-pyrrole nitrogens is 2. The summed E-state index contributed by atoms with van der Waals surface area (Å²) in [7, 11) is 0. The third-order valence-electron chi connectivity index (χ3n) is 2.86. The number of hydrogen-bond donors (Lipinski definition) is 3. The van der Waals surface area contributed by atoms with Crippen molar-refractivity contribution >= 4 is 5.82 Å². The summed E-state index contributed by atoms with van der Waals surface area (Å²) >= 11 is 0. The number of nitrogens with two attached hydrogens (primary N) is 1. The smallest absolute Gasteiger partial charge is 0.269 e. The first-order valence-electron chi connectivity index (χ1n) is 4.85. The molecular formula is C9H15N3O. The number of nitrogen functional groups attached to an aromatic ring is 1. The largest absolute Gasteiger partial charge is 0.384 e. The quantitative estimate of drug-likeness (QED) is 0.611. The van der Waals surface area contributed by atoms with Crippen molar-refractivity contribution in [3.8, 4) is 0 Å². The van der Waals surface area contributed by atoms with Crippen molar-refractivity contribution < 1.29 is 0 Å². The van der Waals surface area contributed by atoms with Gasteiger partial charge in [0.15, 0.2) is 0 Å². The minimum absolute atomic E-state index is 0.0376. The topological polar surface area (TPSA) is 74.7 Å². The van der Waals surface area contributed by atoms with Crippen molar-refractivity contribution in [3.63, 3.8) is 0 Å². The normalized spacial score (nSPS) is 19.1. The first-order chi connectivity index (χ1) is 6.29. The van der Waals surface area contributed by atoms with Gasteiger partial charge in [-0.05, 0) is 18.8 Å². The predicted octanol–water partition coefficient (Wildman–Crippen LogP) is 1.33. The molecular weight excluding hydrogens is 166 g/mol. The number of aromatic amines is 2. The maximum atomic E-state index is 11.4. The first-order valence-corrected chi connectivity index (χ1v) is 4.85. The van der Waals surface area contributed by atoms with E-state index >= 15 is 0 Å². The van der Waals surface area contributed by atoms with E-state index in [1.54, 1.807) is 0 Å². The van der Waals surface area contributed by atoms with Crippen LogP contribution in [0.25, 0.3) is 0 Å². The van der Waals surface area contributed by atoms with E-state index in [0.29, 0.717) is 11.7 Å². The van der Waals surface area contributed by atoms with Crippen LogP contribution in [0.1, 0.15) is 43.6 Å². The second kappa shape index (κ2) is 3.28. The highest BCUT2D eigenvalue weighted by molar-refractivity contribution is 5.39. The molecule has 1 fully saturated rings. The molecule has 1 aromatic heterocycles. The Morgan fingerprint density at radius 1 is 1.15 bits per heavy atom. The van der Waals surface area contributed by atoms with Gasteiger partial charge in [0.25, 0.3) is 5.56 Å². The van der Waals surface area contributed by atoms with Gasteiger partial charge < -0.3 is 5.73 Å². The fourth-order valence-corrected chi connectivity index (χ4v) is 2.18. The Bertz CT molecular complexity index is 333. The van der Waals surface area contributed by atoms with Crippen LogP contribution in [0.15, 0.2) is 4.79 Å². The lowest BCUT2D eigenvalue weighted by molar-refractivity contribution is 0.443. The number of rotatable bonds is 1. The minimum Gasteiger partial charge on any atom is -0.384 e. The molecule has 2 rings (SSSR count). The molecule has 4 nitrogen and oxygen atoms in total. The third-order valence-corrected chi connectivity index (χ3v) is 2.86. The summed E-state index contributed by atoms with van der Waals surface area (Å²) in [6.45, 7) is 0. The minimum atomic E-state index is -0.0376.